The van der Waals surface area contributed by atoms with Crippen molar-refractivity contribution in [2.24, 2.45) is 0 Å². The Labute approximate surface area is 105 Å². The van der Waals surface area contributed by atoms with E-state index in [0.29, 0.717) is 0 Å². The van der Waals surface area contributed by atoms with Crippen molar-refractivity contribution in [2.45, 2.75) is 11.1 Å². The summed E-state index contributed by atoms with van der Waals surface area (Å²) < 4.78 is 63.0. The van der Waals surface area contributed by atoms with Gasteiger partial charge >= 0.3 is 6.18 Å². The molecule has 0 fully saturated rings. The SMILES string of the molecule is CS(=O)(=O)c1ccc(Br)c(OCC(F)(F)F)c1. The lowest BCUT2D eigenvalue weighted by Gasteiger charge is -2.11. The van der Waals surface area contributed by atoms with E-state index in [1.165, 1.54) is 12.1 Å². The van der Waals surface area contributed by atoms with Crippen LogP contribution >= 0.6 is 15.9 Å². The number of halogens is 4. The van der Waals surface area contributed by atoms with E-state index in [2.05, 4.69) is 20.7 Å². The van der Waals surface area contributed by atoms with Crippen molar-refractivity contribution in [1.29, 1.82) is 0 Å². The van der Waals surface area contributed by atoms with Crippen LogP contribution in [0.5, 0.6) is 5.75 Å². The van der Waals surface area contributed by atoms with Crippen molar-refractivity contribution in [3.05, 3.63) is 22.7 Å². The molecule has 1 aromatic rings. The summed E-state index contributed by atoms with van der Waals surface area (Å²) in [7, 11) is -3.48. The van der Waals surface area contributed by atoms with Crippen LogP contribution in [-0.2, 0) is 9.84 Å². The van der Waals surface area contributed by atoms with E-state index < -0.39 is 22.6 Å². The van der Waals surface area contributed by atoms with Gasteiger partial charge in [-0.25, -0.2) is 8.42 Å². The van der Waals surface area contributed by atoms with Crippen LogP contribution in [0.3, 0.4) is 0 Å². The molecule has 0 radical (unpaired) electrons. The third-order valence-corrected chi connectivity index (χ3v) is 3.49. The molecular formula is C9H8BrF3O3S. The van der Waals surface area contributed by atoms with Gasteiger partial charge in [0.1, 0.15) is 5.75 Å². The highest BCUT2D eigenvalue weighted by Crippen LogP contribution is 2.29. The average Bonchev–Trinajstić information content (AvgIpc) is 2.13. The van der Waals surface area contributed by atoms with Crippen molar-refractivity contribution < 1.29 is 26.3 Å². The lowest BCUT2D eigenvalue weighted by atomic mass is 10.3. The Kier molecular flexibility index (Phi) is 4.08. The zero-order chi connectivity index (χ0) is 13.3. The third-order valence-electron chi connectivity index (χ3n) is 1.72. The topological polar surface area (TPSA) is 43.4 Å². The monoisotopic (exact) mass is 332 g/mol. The normalized spacial score (nSPS) is 12.5. The van der Waals surface area contributed by atoms with Crippen molar-refractivity contribution in [2.75, 3.05) is 12.9 Å². The van der Waals surface area contributed by atoms with Gasteiger partial charge in [0.15, 0.2) is 16.4 Å². The Morgan fingerprint density at radius 1 is 1.35 bits per heavy atom. The van der Waals surface area contributed by atoms with Crippen LogP contribution in [0.1, 0.15) is 0 Å². The van der Waals surface area contributed by atoms with E-state index in [1.54, 1.807) is 0 Å². The first-order chi connectivity index (χ1) is 7.59. The molecule has 0 bridgehead atoms. The van der Waals surface area contributed by atoms with Gasteiger partial charge in [-0.1, -0.05) is 0 Å². The van der Waals surface area contributed by atoms with Crippen LogP contribution in [-0.4, -0.2) is 27.5 Å². The first kappa shape index (κ1) is 14.3. The molecule has 1 rings (SSSR count). The van der Waals surface area contributed by atoms with Gasteiger partial charge in [0.2, 0.25) is 0 Å². The maximum Gasteiger partial charge on any atom is 0.422 e. The Bertz CT molecular complexity index is 511. The fraction of sp³-hybridized carbons (Fsp3) is 0.333. The quantitative estimate of drug-likeness (QED) is 0.854. The summed E-state index contributed by atoms with van der Waals surface area (Å²) in [5, 5.41) is 0. The molecule has 0 aliphatic heterocycles. The van der Waals surface area contributed by atoms with Gasteiger partial charge < -0.3 is 4.74 Å². The molecule has 0 atom stereocenters. The van der Waals surface area contributed by atoms with E-state index in [0.717, 1.165) is 12.3 Å². The lowest BCUT2D eigenvalue weighted by molar-refractivity contribution is -0.153. The number of sulfone groups is 1. The Morgan fingerprint density at radius 2 is 1.94 bits per heavy atom. The van der Waals surface area contributed by atoms with Crippen LogP contribution in [0.25, 0.3) is 0 Å². The van der Waals surface area contributed by atoms with Crippen molar-refractivity contribution in [3.8, 4) is 5.75 Å². The zero-order valence-electron chi connectivity index (χ0n) is 8.58. The molecule has 0 spiro atoms. The van der Waals surface area contributed by atoms with E-state index in [-0.39, 0.29) is 15.1 Å². The molecule has 0 unspecified atom stereocenters. The summed E-state index contributed by atoms with van der Waals surface area (Å²) in [5.41, 5.74) is 0. The molecule has 0 saturated carbocycles. The maximum atomic E-state index is 11.9. The Hall–Kier alpha value is -0.760. The first-order valence-corrected chi connectivity index (χ1v) is 6.97. The summed E-state index contributed by atoms with van der Waals surface area (Å²) >= 11 is 2.98. The molecule has 0 N–H and O–H groups in total. The highest BCUT2D eigenvalue weighted by Gasteiger charge is 2.29. The third kappa shape index (κ3) is 4.55. The molecule has 0 heterocycles. The van der Waals surface area contributed by atoms with E-state index in [1.807, 2.05) is 0 Å². The molecule has 96 valence electrons. The van der Waals surface area contributed by atoms with Gasteiger partial charge in [0.05, 0.1) is 9.37 Å². The molecule has 0 amide bonds. The summed E-state index contributed by atoms with van der Waals surface area (Å²) in [5.74, 6) is -0.162. The molecular weight excluding hydrogens is 325 g/mol. The maximum absolute atomic E-state index is 11.9. The summed E-state index contributed by atoms with van der Waals surface area (Å²) in [6.07, 6.45) is -3.51. The zero-order valence-corrected chi connectivity index (χ0v) is 11.0. The predicted molar refractivity (Wildman–Crippen MR) is 58.8 cm³/mol. The number of ether oxygens (including phenoxy) is 1. The van der Waals surface area contributed by atoms with Gasteiger partial charge in [-0.2, -0.15) is 13.2 Å². The molecule has 0 aliphatic carbocycles. The molecule has 17 heavy (non-hydrogen) atoms. The van der Waals surface area contributed by atoms with Crippen LogP contribution in [0.2, 0.25) is 0 Å². The first-order valence-electron chi connectivity index (χ1n) is 4.29. The largest absolute Gasteiger partial charge is 0.483 e. The summed E-state index contributed by atoms with van der Waals surface area (Å²) in [4.78, 5) is -0.0992. The second kappa shape index (κ2) is 4.85. The van der Waals surface area contributed by atoms with Gasteiger partial charge in [0, 0.05) is 6.26 Å². The lowest BCUT2D eigenvalue weighted by Crippen LogP contribution is -2.19. The fourth-order valence-electron chi connectivity index (χ4n) is 0.985. The standard InChI is InChI=1S/C9H8BrF3O3S/c1-17(14,15)6-2-3-7(10)8(4-6)16-5-9(11,12)13/h2-4H,5H2,1H3. The number of hydrogen-bond acceptors (Lipinski definition) is 3. The highest BCUT2D eigenvalue weighted by molar-refractivity contribution is 9.10. The summed E-state index contributed by atoms with van der Waals surface area (Å²) in [6, 6.07) is 3.65. The number of alkyl halides is 3. The smallest absolute Gasteiger partial charge is 0.422 e. The molecule has 0 saturated heterocycles. The number of hydrogen-bond donors (Lipinski definition) is 0. The number of benzene rings is 1. The van der Waals surface area contributed by atoms with Gasteiger partial charge in [-0.3, -0.25) is 0 Å². The second-order valence-electron chi connectivity index (χ2n) is 3.27. The van der Waals surface area contributed by atoms with Crippen LogP contribution in [0.4, 0.5) is 13.2 Å². The molecule has 0 aliphatic rings. The molecule has 1 aromatic carbocycles. The van der Waals surface area contributed by atoms with Crippen molar-refractivity contribution in [3.63, 3.8) is 0 Å². The summed E-state index contributed by atoms with van der Waals surface area (Å²) in [6.45, 7) is -1.47. The second-order valence-corrected chi connectivity index (χ2v) is 6.14. The Balaban J connectivity index is 3.00. The van der Waals surface area contributed by atoms with Gasteiger partial charge in [-0.15, -0.1) is 0 Å². The fourth-order valence-corrected chi connectivity index (χ4v) is 1.98. The van der Waals surface area contributed by atoms with E-state index >= 15 is 0 Å². The molecule has 3 nitrogen and oxygen atoms in total. The predicted octanol–water partition coefficient (Wildman–Crippen LogP) is 2.79. The van der Waals surface area contributed by atoms with Gasteiger partial charge in [0.25, 0.3) is 0 Å². The highest BCUT2D eigenvalue weighted by atomic mass is 79.9. The van der Waals surface area contributed by atoms with Crippen LogP contribution in [0.15, 0.2) is 27.6 Å². The average molecular weight is 333 g/mol. The van der Waals surface area contributed by atoms with Crippen molar-refractivity contribution in [1.82, 2.24) is 0 Å². The minimum atomic E-state index is -4.47. The van der Waals surface area contributed by atoms with E-state index in [4.69, 9.17) is 0 Å². The Morgan fingerprint density at radius 3 is 2.41 bits per heavy atom. The van der Waals surface area contributed by atoms with Crippen LogP contribution in [0, 0.1) is 0 Å². The van der Waals surface area contributed by atoms with Crippen LogP contribution < -0.4 is 4.74 Å². The van der Waals surface area contributed by atoms with E-state index in [9.17, 15) is 21.6 Å². The number of rotatable bonds is 3. The van der Waals surface area contributed by atoms with Gasteiger partial charge in [-0.05, 0) is 34.1 Å². The molecule has 0 aromatic heterocycles. The van der Waals surface area contributed by atoms with Crippen molar-refractivity contribution >= 4 is 25.8 Å². The minimum absolute atomic E-state index is 0.0992. The minimum Gasteiger partial charge on any atom is -0.483 e. The molecule has 8 heteroatoms.